The fourth-order valence-electron chi connectivity index (χ4n) is 1.86. The minimum Gasteiger partial charge on any atom is -0.300 e. The van der Waals surface area contributed by atoms with Crippen molar-refractivity contribution in [3.63, 3.8) is 0 Å². The molecule has 2 aromatic rings. The molecule has 1 fully saturated rings. The molecule has 0 atom stereocenters. The van der Waals surface area contributed by atoms with Gasteiger partial charge in [0.15, 0.2) is 5.17 Å². The Labute approximate surface area is 135 Å². The number of halogens is 2. The van der Waals surface area contributed by atoms with Crippen LogP contribution in [0.2, 0.25) is 5.02 Å². The molecule has 1 amide bonds. The first-order valence-electron chi connectivity index (χ1n) is 6.41. The highest BCUT2D eigenvalue weighted by Gasteiger charge is 2.23. The molecule has 22 heavy (non-hydrogen) atoms. The van der Waals surface area contributed by atoms with Gasteiger partial charge in [-0.15, -0.1) is 0 Å². The Hall–Kier alpha value is -2.11. The highest BCUT2D eigenvalue weighted by molar-refractivity contribution is 8.18. The first-order valence-corrected chi connectivity index (χ1v) is 7.60. The lowest BCUT2D eigenvalue weighted by Crippen LogP contribution is -2.19. The third kappa shape index (κ3) is 3.55. The van der Waals surface area contributed by atoms with E-state index in [4.69, 9.17) is 11.6 Å². The molecule has 6 heteroatoms. The Morgan fingerprint density at radius 1 is 1.18 bits per heavy atom. The highest BCUT2D eigenvalue weighted by Crippen LogP contribution is 2.28. The van der Waals surface area contributed by atoms with Crippen molar-refractivity contribution < 1.29 is 9.18 Å². The third-order valence-corrected chi connectivity index (χ3v) is 4.00. The van der Waals surface area contributed by atoms with Crippen LogP contribution in [0.4, 0.5) is 10.1 Å². The molecule has 1 saturated heterocycles. The van der Waals surface area contributed by atoms with E-state index < -0.39 is 0 Å². The largest absolute Gasteiger partial charge is 0.300 e. The molecule has 0 saturated carbocycles. The van der Waals surface area contributed by atoms with Gasteiger partial charge in [0, 0.05) is 5.02 Å². The number of carbonyl (C=O) groups is 1. The topological polar surface area (TPSA) is 41.5 Å². The van der Waals surface area contributed by atoms with Crippen molar-refractivity contribution in [2.24, 2.45) is 4.99 Å². The highest BCUT2D eigenvalue weighted by atomic mass is 35.5. The van der Waals surface area contributed by atoms with E-state index in [-0.39, 0.29) is 11.7 Å². The van der Waals surface area contributed by atoms with Crippen LogP contribution in [0.15, 0.2) is 58.4 Å². The van der Waals surface area contributed by atoms with Gasteiger partial charge >= 0.3 is 0 Å². The Morgan fingerprint density at radius 3 is 2.68 bits per heavy atom. The van der Waals surface area contributed by atoms with Gasteiger partial charge < -0.3 is 5.32 Å². The van der Waals surface area contributed by atoms with Gasteiger partial charge in [0.05, 0.1) is 10.6 Å². The number of amidine groups is 1. The zero-order chi connectivity index (χ0) is 15.5. The summed E-state index contributed by atoms with van der Waals surface area (Å²) >= 11 is 7.16. The Balaban J connectivity index is 1.82. The molecule has 0 unspecified atom stereocenters. The van der Waals surface area contributed by atoms with E-state index in [0.29, 0.717) is 20.8 Å². The quantitative estimate of drug-likeness (QED) is 0.830. The van der Waals surface area contributed by atoms with E-state index in [1.807, 2.05) is 12.1 Å². The minimum absolute atomic E-state index is 0.217. The number of hydrogen-bond donors (Lipinski definition) is 1. The van der Waals surface area contributed by atoms with Crippen LogP contribution in [0.3, 0.4) is 0 Å². The summed E-state index contributed by atoms with van der Waals surface area (Å²) in [5.74, 6) is -0.542. The second-order valence-electron chi connectivity index (χ2n) is 4.51. The van der Waals surface area contributed by atoms with Crippen molar-refractivity contribution >= 4 is 46.2 Å². The molecule has 110 valence electrons. The SMILES string of the molecule is O=C1NC(=Nc2ccc(F)cc2)SC1=Cc1cccc(Cl)c1. The average Bonchev–Trinajstić information content (AvgIpc) is 2.81. The molecule has 1 aliphatic heterocycles. The standard InChI is InChI=1S/C16H10ClFN2OS/c17-11-3-1-2-10(8-11)9-14-15(21)20-16(22-14)19-13-6-4-12(18)5-7-13/h1-9H,(H,19,20,21). The number of aliphatic imine (C=N–C) groups is 1. The van der Waals surface area contributed by atoms with Gasteiger partial charge in [0.25, 0.3) is 5.91 Å². The van der Waals surface area contributed by atoms with Gasteiger partial charge in [-0.1, -0.05) is 23.7 Å². The van der Waals surface area contributed by atoms with Crippen LogP contribution in [-0.2, 0) is 4.79 Å². The number of benzene rings is 2. The van der Waals surface area contributed by atoms with Crippen LogP contribution in [0.25, 0.3) is 6.08 Å². The summed E-state index contributed by atoms with van der Waals surface area (Å²) in [6.07, 6.45) is 1.75. The van der Waals surface area contributed by atoms with Gasteiger partial charge in [0.2, 0.25) is 0 Å². The maximum absolute atomic E-state index is 12.9. The van der Waals surface area contributed by atoms with E-state index in [1.165, 1.54) is 23.9 Å². The van der Waals surface area contributed by atoms with Crippen LogP contribution in [-0.4, -0.2) is 11.1 Å². The lowest BCUT2D eigenvalue weighted by atomic mass is 10.2. The molecule has 1 aliphatic rings. The molecule has 2 aromatic carbocycles. The van der Waals surface area contributed by atoms with Gasteiger partial charge in [-0.05, 0) is 59.8 Å². The van der Waals surface area contributed by atoms with Crippen LogP contribution >= 0.6 is 23.4 Å². The number of thioether (sulfide) groups is 1. The van der Waals surface area contributed by atoms with Crippen LogP contribution in [0, 0.1) is 5.82 Å². The van der Waals surface area contributed by atoms with E-state index in [9.17, 15) is 9.18 Å². The van der Waals surface area contributed by atoms with E-state index >= 15 is 0 Å². The maximum atomic E-state index is 12.9. The molecule has 0 bridgehead atoms. The fourth-order valence-corrected chi connectivity index (χ4v) is 2.90. The fraction of sp³-hybridized carbons (Fsp3) is 0. The maximum Gasteiger partial charge on any atom is 0.264 e. The number of nitrogens with one attached hydrogen (secondary N) is 1. The molecule has 1 N–H and O–H groups in total. The number of rotatable bonds is 2. The molecule has 1 heterocycles. The summed E-state index contributed by atoms with van der Waals surface area (Å²) in [5, 5.41) is 3.75. The van der Waals surface area contributed by atoms with E-state index in [2.05, 4.69) is 10.3 Å². The van der Waals surface area contributed by atoms with E-state index in [1.54, 1.807) is 30.3 Å². The second-order valence-corrected chi connectivity index (χ2v) is 5.98. The molecule has 3 nitrogen and oxygen atoms in total. The second kappa shape index (κ2) is 6.34. The first-order chi connectivity index (χ1) is 10.6. The first kappa shape index (κ1) is 14.8. The Kier molecular flexibility index (Phi) is 4.27. The number of nitrogens with zero attached hydrogens (tertiary/aromatic N) is 1. The number of hydrogen-bond acceptors (Lipinski definition) is 3. The third-order valence-electron chi connectivity index (χ3n) is 2.85. The smallest absolute Gasteiger partial charge is 0.264 e. The minimum atomic E-state index is -0.325. The van der Waals surface area contributed by atoms with Crippen molar-refractivity contribution in [2.75, 3.05) is 0 Å². The summed E-state index contributed by atoms with van der Waals surface area (Å²) in [7, 11) is 0. The van der Waals surface area contributed by atoms with Crippen molar-refractivity contribution in [1.82, 2.24) is 5.32 Å². The lowest BCUT2D eigenvalue weighted by molar-refractivity contribution is -0.115. The molecular formula is C16H10ClFN2OS. The molecular weight excluding hydrogens is 323 g/mol. The van der Waals surface area contributed by atoms with Gasteiger partial charge in [-0.3, -0.25) is 4.79 Å². The van der Waals surface area contributed by atoms with Crippen molar-refractivity contribution in [3.8, 4) is 0 Å². The van der Waals surface area contributed by atoms with Gasteiger partial charge in [0.1, 0.15) is 5.82 Å². The monoisotopic (exact) mass is 332 g/mol. The zero-order valence-corrected chi connectivity index (χ0v) is 12.8. The molecule has 0 aliphatic carbocycles. The van der Waals surface area contributed by atoms with Crippen molar-refractivity contribution in [3.05, 3.63) is 69.8 Å². The number of amides is 1. The average molecular weight is 333 g/mol. The van der Waals surface area contributed by atoms with Crippen LogP contribution in [0.1, 0.15) is 5.56 Å². The van der Waals surface area contributed by atoms with Crippen molar-refractivity contribution in [1.29, 1.82) is 0 Å². The Morgan fingerprint density at radius 2 is 1.95 bits per heavy atom. The summed E-state index contributed by atoms with van der Waals surface area (Å²) < 4.78 is 12.9. The molecule has 0 spiro atoms. The van der Waals surface area contributed by atoms with E-state index in [0.717, 1.165) is 5.56 Å². The van der Waals surface area contributed by atoms with Gasteiger partial charge in [-0.2, -0.15) is 0 Å². The molecule has 0 radical (unpaired) electrons. The summed E-state index contributed by atoms with van der Waals surface area (Å²) in [5.41, 5.74) is 1.42. The lowest BCUT2D eigenvalue weighted by Gasteiger charge is -1.96. The predicted molar refractivity (Wildman–Crippen MR) is 88.7 cm³/mol. The van der Waals surface area contributed by atoms with Crippen LogP contribution < -0.4 is 5.32 Å². The normalized spacial score (nSPS) is 18.0. The number of carbonyl (C=O) groups excluding carboxylic acids is 1. The summed E-state index contributed by atoms with van der Waals surface area (Å²) in [4.78, 5) is 16.7. The zero-order valence-electron chi connectivity index (χ0n) is 11.2. The predicted octanol–water partition coefficient (Wildman–Crippen LogP) is 4.37. The van der Waals surface area contributed by atoms with Crippen LogP contribution in [0.5, 0.6) is 0 Å². The van der Waals surface area contributed by atoms with Crippen molar-refractivity contribution in [2.45, 2.75) is 0 Å². The van der Waals surface area contributed by atoms with Gasteiger partial charge in [-0.25, -0.2) is 9.38 Å². The molecule has 3 rings (SSSR count). The molecule has 0 aromatic heterocycles. The summed E-state index contributed by atoms with van der Waals surface area (Å²) in [6, 6.07) is 13.0. The summed E-state index contributed by atoms with van der Waals surface area (Å²) in [6.45, 7) is 0. The Bertz CT molecular complexity index is 787.